The van der Waals surface area contributed by atoms with Gasteiger partial charge in [0.05, 0.1) is 10.7 Å². The van der Waals surface area contributed by atoms with Gasteiger partial charge in [0, 0.05) is 12.0 Å². The van der Waals surface area contributed by atoms with E-state index in [9.17, 15) is 14.4 Å². The van der Waals surface area contributed by atoms with Gasteiger partial charge in [0.2, 0.25) is 5.91 Å². The Hall–Kier alpha value is -3.84. The summed E-state index contributed by atoms with van der Waals surface area (Å²) in [6.07, 6.45) is -0.508. The molecule has 3 amide bonds. The molecule has 3 aromatic carbocycles. The zero-order valence-electron chi connectivity index (χ0n) is 26.7. The summed E-state index contributed by atoms with van der Waals surface area (Å²) >= 11 is 6.51. The van der Waals surface area contributed by atoms with E-state index in [1.165, 1.54) is 0 Å². The standard InChI is InChI=1S/C35H44ClN3O4/c1-22-15-13-16-23(2)28(22)30(31(40)38-29-24(3)17-14-20-26(29)36)39(34(4,5)6)32(41)27(21-25-18-11-10-12-19-25)37-33(42)43-35(7,8)9/h10-20,27,30H,21H2,1-9H3,(H,37,42)(H,38,40). The van der Waals surface area contributed by atoms with Crippen LogP contribution in [0.3, 0.4) is 0 Å². The largest absolute Gasteiger partial charge is 0.444 e. The van der Waals surface area contributed by atoms with Crippen LogP contribution in [0.2, 0.25) is 5.02 Å². The van der Waals surface area contributed by atoms with Crippen LogP contribution in [-0.2, 0) is 20.7 Å². The van der Waals surface area contributed by atoms with E-state index in [2.05, 4.69) is 10.6 Å². The van der Waals surface area contributed by atoms with E-state index in [0.29, 0.717) is 16.3 Å². The second-order valence-electron chi connectivity index (χ2n) is 12.9. The highest BCUT2D eigenvalue weighted by atomic mass is 35.5. The highest BCUT2D eigenvalue weighted by Gasteiger charge is 2.43. The number of carbonyl (C=O) groups excluding carboxylic acids is 3. The highest BCUT2D eigenvalue weighted by Crippen LogP contribution is 2.36. The van der Waals surface area contributed by atoms with Crippen LogP contribution in [0.15, 0.2) is 66.7 Å². The van der Waals surface area contributed by atoms with E-state index in [4.69, 9.17) is 16.3 Å². The smallest absolute Gasteiger partial charge is 0.408 e. The van der Waals surface area contributed by atoms with Crippen LogP contribution in [0.5, 0.6) is 0 Å². The highest BCUT2D eigenvalue weighted by molar-refractivity contribution is 6.34. The molecule has 0 spiro atoms. The van der Waals surface area contributed by atoms with Crippen molar-refractivity contribution in [2.24, 2.45) is 0 Å². The number of nitrogens with zero attached hydrogens (tertiary/aromatic N) is 1. The predicted molar refractivity (Wildman–Crippen MR) is 173 cm³/mol. The van der Waals surface area contributed by atoms with Gasteiger partial charge in [0.1, 0.15) is 17.7 Å². The van der Waals surface area contributed by atoms with Crippen molar-refractivity contribution in [3.8, 4) is 0 Å². The van der Waals surface area contributed by atoms with Crippen LogP contribution in [0.1, 0.15) is 75.4 Å². The average molecular weight is 606 g/mol. The van der Waals surface area contributed by atoms with Crippen LogP contribution in [0.25, 0.3) is 0 Å². The van der Waals surface area contributed by atoms with E-state index >= 15 is 0 Å². The first-order chi connectivity index (χ1) is 20.0. The lowest BCUT2D eigenvalue weighted by atomic mass is 9.89. The summed E-state index contributed by atoms with van der Waals surface area (Å²) in [6.45, 7) is 16.7. The van der Waals surface area contributed by atoms with Crippen molar-refractivity contribution >= 4 is 35.2 Å². The lowest BCUT2D eigenvalue weighted by Crippen LogP contribution is -2.58. The molecule has 3 aromatic rings. The van der Waals surface area contributed by atoms with Crippen molar-refractivity contribution in [2.75, 3.05) is 5.32 Å². The molecule has 230 valence electrons. The summed E-state index contributed by atoms with van der Waals surface area (Å²) in [7, 11) is 0. The lowest BCUT2D eigenvalue weighted by Gasteiger charge is -2.44. The zero-order valence-corrected chi connectivity index (χ0v) is 27.4. The second kappa shape index (κ2) is 13.6. The molecule has 8 heteroatoms. The van der Waals surface area contributed by atoms with Crippen molar-refractivity contribution in [2.45, 2.75) is 92.0 Å². The fourth-order valence-electron chi connectivity index (χ4n) is 5.13. The van der Waals surface area contributed by atoms with Gasteiger partial charge >= 0.3 is 6.09 Å². The molecule has 7 nitrogen and oxygen atoms in total. The molecule has 0 aromatic heterocycles. The van der Waals surface area contributed by atoms with Gasteiger partial charge in [0.25, 0.3) is 5.91 Å². The number of aryl methyl sites for hydroxylation is 3. The Labute approximate surface area is 261 Å². The molecule has 43 heavy (non-hydrogen) atoms. The van der Waals surface area contributed by atoms with Crippen LogP contribution < -0.4 is 10.6 Å². The molecular weight excluding hydrogens is 562 g/mol. The van der Waals surface area contributed by atoms with Gasteiger partial charge in [-0.3, -0.25) is 9.59 Å². The number of hydrogen-bond acceptors (Lipinski definition) is 4. The summed E-state index contributed by atoms with van der Waals surface area (Å²) in [5.74, 6) is -0.825. The van der Waals surface area contributed by atoms with Crippen LogP contribution in [-0.4, -0.2) is 40.0 Å². The summed E-state index contributed by atoms with van der Waals surface area (Å²) in [5, 5.41) is 6.23. The Morgan fingerprint density at radius 3 is 1.91 bits per heavy atom. The first kappa shape index (κ1) is 33.7. The summed E-state index contributed by atoms with van der Waals surface area (Å²) in [4.78, 5) is 43.8. The molecule has 0 saturated heterocycles. The molecule has 0 radical (unpaired) electrons. The molecule has 3 rings (SSSR count). The topological polar surface area (TPSA) is 87.7 Å². The summed E-state index contributed by atoms with van der Waals surface area (Å²) in [6, 6.07) is 18.6. The van der Waals surface area contributed by atoms with Gasteiger partial charge in [0.15, 0.2) is 0 Å². The van der Waals surface area contributed by atoms with E-state index in [1.807, 2.05) is 102 Å². The van der Waals surface area contributed by atoms with Crippen LogP contribution in [0, 0.1) is 20.8 Å². The fraction of sp³-hybridized carbons (Fsp3) is 0.400. The second-order valence-corrected chi connectivity index (χ2v) is 13.3. The van der Waals surface area contributed by atoms with Gasteiger partial charge < -0.3 is 20.3 Å². The number of carbonyl (C=O) groups is 3. The molecule has 0 heterocycles. The van der Waals surface area contributed by atoms with Crippen molar-refractivity contribution < 1.29 is 19.1 Å². The van der Waals surface area contributed by atoms with Crippen LogP contribution in [0.4, 0.5) is 10.5 Å². The molecule has 0 saturated carbocycles. The first-order valence-corrected chi connectivity index (χ1v) is 14.9. The monoisotopic (exact) mass is 605 g/mol. The Balaban J connectivity index is 2.18. The molecule has 0 aliphatic carbocycles. The van der Waals surface area contributed by atoms with Crippen molar-refractivity contribution in [1.82, 2.24) is 10.2 Å². The third-order valence-electron chi connectivity index (χ3n) is 7.02. The van der Waals surface area contributed by atoms with Crippen LogP contribution >= 0.6 is 11.6 Å². The molecule has 2 unspecified atom stereocenters. The zero-order chi connectivity index (χ0) is 32.1. The maximum atomic E-state index is 14.8. The van der Waals surface area contributed by atoms with E-state index < -0.39 is 41.1 Å². The van der Waals surface area contributed by atoms with Crippen molar-refractivity contribution in [1.29, 1.82) is 0 Å². The SMILES string of the molecule is Cc1cccc(Cl)c1NC(=O)C(c1c(C)cccc1C)N(C(=O)C(Cc1ccccc1)NC(=O)OC(C)(C)C)C(C)(C)C. The Morgan fingerprint density at radius 1 is 0.814 bits per heavy atom. The normalized spacial score (nSPS) is 13.1. The quantitative estimate of drug-likeness (QED) is 0.275. The lowest BCUT2D eigenvalue weighted by molar-refractivity contribution is -0.146. The number of ether oxygens (including phenoxy) is 1. The minimum absolute atomic E-state index is 0.205. The van der Waals surface area contributed by atoms with E-state index in [0.717, 1.165) is 22.3 Å². The van der Waals surface area contributed by atoms with Gasteiger partial charge in [-0.2, -0.15) is 0 Å². The van der Waals surface area contributed by atoms with Gasteiger partial charge in [-0.25, -0.2) is 4.79 Å². The van der Waals surface area contributed by atoms with Gasteiger partial charge in [-0.15, -0.1) is 0 Å². The average Bonchev–Trinajstić information content (AvgIpc) is 2.88. The van der Waals surface area contributed by atoms with E-state index in [-0.39, 0.29) is 6.42 Å². The summed E-state index contributed by atoms with van der Waals surface area (Å²) < 4.78 is 5.54. The van der Waals surface area contributed by atoms with Gasteiger partial charge in [-0.05, 0) is 96.2 Å². The minimum Gasteiger partial charge on any atom is -0.444 e. The number of alkyl carbamates (subject to hydrolysis) is 1. The maximum absolute atomic E-state index is 14.8. The number of anilines is 1. The van der Waals surface area contributed by atoms with Crippen molar-refractivity contribution in [3.05, 3.63) is 99.6 Å². The van der Waals surface area contributed by atoms with E-state index in [1.54, 1.807) is 31.7 Å². The predicted octanol–water partition coefficient (Wildman–Crippen LogP) is 7.71. The third-order valence-corrected chi connectivity index (χ3v) is 7.34. The number of halogens is 1. The molecule has 2 N–H and O–H groups in total. The maximum Gasteiger partial charge on any atom is 0.408 e. The van der Waals surface area contributed by atoms with Gasteiger partial charge in [-0.1, -0.05) is 72.3 Å². The number of rotatable bonds is 8. The molecule has 0 aliphatic heterocycles. The number of benzene rings is 3. The van der Waals surface area contributed by atoms with Crippen molar-refractivity contribution in [3.63, 3.8) is 0 Å². The molecule has 0 aliphatic rings. The number of amides is 3. The minimum atomic E-state index is -1.04. The summed E-state index contributed by atoms with van der Waals surface area (Å²) in [5.41, 5.74) is 2.96. The number of nitrogens with one attached hydrogen (secondary N) is 2. The molecule has 0 fully saturated rings. The molecule has 2 atom stereocenters. The first-order valence-electron chi connectivity index (χ1n) is 14.5. The molecule has 0 bridgehead atoms. The Bertz CT molecular complexity index is 1420. The number of hydrogen-bond donors (Lipinski definition) is 2. The number of para-hydroxylation sites is 1. The Morgan fingerprint density at radius 2 is 1.37 bits per heavy atom. The fourth-order valence-corrected chi connectivity index (χ4v) is 5.40. The Kier molecular flexibility index (Phi) is 10.7. The third kappa shape index (κ3) is 8.83. The molecular formula is C35H44ClN3O4.